The van der Waals surface area contributed by atoms with Crippen LogP contribution in [0.15, 0.2) is 18.2 Å². The molecule has 1 aromatic rings. The second-order valence-electron chi connectivity index (χ2n) is 4.45. The third-order valence-electron chi connectivity index (χ3n) is 2.93. The molecule has 0 unspecified atom stereocenters. The molecule has 2 rings (SSSR count). The summed E-state index contributed by atoms with van der Waals surface area (Å²) >= 11 is 0. The van der Waals surface area contributed by atoms with Crippen LogP contribution in [0.25, 0.3) is 0 Å². The Morgan fingerprint density at radius 3 is 2.50 bits per heavy atom. The van der Waals surface area contributed by atoms with Gasteiger partial charge in [-0.3, -0.25) is 0 Å². The quantitative estimate of drug-likeness (QED) is 0.841. The Morgan fingerprint density at radius 1 is 1.31 bits per heavy atom. The molecule has 1 aliphatic rings. The maximum Gasteiger partial charge on any atom is 0.433 e. The molecule has 1 N–H and O–H groups in total. The molecule has 0 atom stereocenters. The van der Waals surface area contributed by atoms with Crippen LogP contribution in [0.4, 0.5) is 19.0 Å². The fourth-order valence-corrected chi connectivity index (χ4v) is 1.80. The van der Waals surface area contributed by atoms with E-state index in [-0.39, 0.29) is 5.54 Å². The van der Waals surface area contributed by atoms with Crippen molar-refractivity contribution in [2.45, 2.75) is 37.9 Å². The van der Waals surface area contributed by atoms with Gasteiger partial charge in [-0.25, -0.2) is 4.98 Å². The van der Waals surface area contributed by atoms with Gasteiger partial charge in [0, 0.05) is 5.54 Å². The first kappa shape index (κ1) is 11.2. The highest BCUT2D eigenvalue weighted by atomic mass is 19.4. The summed E-state index contributed by atoms with van der Waals surface area (Å²) in [6.07, 6.45) is -1.31. The third kappa shape index (κ3) is 2.28. The van der Waals surface area contributed by atoms with Crippen LogP contribution >= 0.6 is 0 Å². The average molecular weight is 230 g/mol. The summed E-state index contributed by atoms with van der Waals surface area (Å²) in [4.78, 5) is 3.57. The zero-order chi connectivity index (χ0) is 11.8. The van der Waals surface area contributed by atoms with Crippen LogP contribution in [0.3, 0.4) is 0 Å². The van der Waals surface area contributed by atoms with E-state index in [9.17, 15) is 13.2 Å². The topological polar surface area (TPSA) is 24.9 Å². The maximum atomic E-state index is 12.4. The summed E-state index contributed by atoms with van der Waals surface area (Å²) in [5, 5.41) is 3.06. The van der Waals surface area contributed by atoms with Gasteiger partial charge in [-0.15, -0.1) is 0 Å². The fraction of sp³-hybridized carbons (Fsp3) is 0.545. The number of hydrogen-bond donors (Lipinski definition) is 1. The van der Waals surface area contributed by atoms with Crippen molar-refractivity contribution in [1.82, 2.24) is 4.98 Å². The van der Waals surface area contributed by atoms with Gasteiger partial charge in [0.1, 0.15) is 11.5 Å². The minimum Gasteiger partial charge on any atom is -0.365 e. The number of pyridine rings is 1. The first-order valence-corrected chi connectivity index (χ1v) is 5.22. The van der Waals surface area contributed by atoms with Crippen molar-refractivity contribution in [1.29, 1.82) is 0 Å². The van der Waals surface area contributed by atoms with E-state index in [0.29, 0.717) is 5.82 Å². The highest BCUT2D eigenvalue weighted by molar-refractivity contribution is 5.39. The number of alkyl halides is 3. The predicted molar refractivity (Wildman–Crippen MR) is 55.1 cm³/mol. The average Bonchev–Trinajstić information content (AvgIpc) is 2.14. The van der Waals surface area contributed by atoms with E-state index in [0.717, 1.165) is 25.3 Å². The molecule has 1 aromatic heterocycles. The van der Waals surface area contributed by atoms with Gasteiger partial charge in [0.05, 0.1) is 0 Å². The summed E-state index contributed by atoms with van der Waals surface area (Å²) < 4.78 is 37.2. The van der Waals surface area contributed by atoms with Crippen LogP contribution in [0.2, 0.25) is 0 Å². The Hall–Kier alpha value is -1.26. The Kier molecular flexibility index (Phi) is 2.56. The molecule has 0 aliphatic heterocycles. The molecule has 1 aliphatic carbocycles. The Morgan fingerprint density at radius 2 is 2.00 bits per heavy atom. The zero-order valence-electron chi connectivity index (χ0n) is 8.93. The molecular formula is C11H13F3N2. The lowest BCUT2D eigenvalue weighted by Crippen LogP contribution is -2.41. The van der Waals surface area contributed by atoms with Crippen molar-refractivity contribution in [3.8, 4) is 0 Å². The number of aromatic nitrogens is 1. The molecule has 0 aromatic carbocycles. The van der Waals surface area contributed by atoms with E-state index in [2.05, 4.69) is 10.3 Å². The molecule has 1 saturated carbocycles. The van der Waals surface area contributed by atoms with Crippen LogP contribution < -0.4 is 5.32 Å². The number of rotatable bonds is 2. The monoisotopic (exact) mass is 230 g/mol. The lowest BCUT2D eigenvalue weighted by Gasteiger charge is -2.39. The molecular weight excluding hydrogens is 217 g/mol. The highest BCUT2D eigenvalue weighted by Gasteiger charge is 2.34. The molecule has 1 fully saturated rings. The van der Waals surface area contributed by atoms with E-state index in [1.165, 1.54) is 6.07 Å². The Bertz CT molecular complexity index is 383. The molecule has 0 radical (unpaired) electrons. The van der Waals surface area contributed by atoms with Gasteiger partial charge < -0.3 is 5.32 Å². The summed E-state index contributed by atoms with van der Waals surface area (Å²) in [6, 6.07) is 3.92. The molecule has 2 nitrogen and oxygen atoms in total. The predicted octanol–water partition coefficient (Wildman–Crippen LogP) is 3.45. The van der Waals surface area contributed by atoms with E-state index in [1.54, 1.807) is 6.07 Å². The zero-order valence-corrected chi connectivity index (χ0v) is 8.93. The van der Waals surface area contributed by atoms with Crippen LogP contribution in [0.1, 0.15) is 31.9 Å². The lowest BCUT2D eigenvalue weighted by atomic mass is 9.78. The van der Waals surface area contributed by atoms with Crippen molar-refractivity contribution in [2.24, 2.45) is 0 Å². The van der Waals surface area contributed by atoms with Gasteiger partial charge >= 0.3 is 6.18 Å². The van der Waals surface area contributed by atoms with Gasteiger partial charge in [-0.05, 0) is 38.3 Å². The second-order valence-corrected chi connectivity index (χ2v) is 4.45. The van der Waals surface area contributed by atoms with Crippen LogP contribution in [-0.4, -0.2) is 10.5 Å². The van der Waals surface area contributed by atoms with Gasteiger partial charge in [-0.1, -0.05) is 6.07 Å². The van der Waals surface area contributed by atoms with Crippen molar-refractivity contribution >= 4 is 5.82 Å². The SMILES string of the molecule is CC1(Nc2cccc(C(F)(F)F)n2)CCC1. The molecule has 0 bridgehead atoms. The lowest BCUT2D eigenvalue weighted by molar-refractivity contribution is -0.141. The first-order chi connectivity index (χ1) is 7.39. The van der Waals surface area contributed by atoms with Gasteiger partial charge in [-0.2, -0.15) is 13.2 Å². The minimum atomic E-state index is -4.38. The molecule has 0 amide bonds. The standard InChI is InChI=1S/C11H13F3N2/c1-10(6-3-7-10)16-9-5-2-4-8(15-9)11(12,13)14/h2,4-5H,3,6-7H2,1H3,(H,15,16). The number of nitrogens with zero attached hydrogens (tertiary/aromatic N) is 1. The maximum absolute atomic E-state index is 12.4. The normalized spacial score (nSPS) is 19.0. The second kappa shape index (κ2) is 3.64. The molecule has 88 valence electrons. The fourth-order valence-electron chi connectivity index (χ4n) is 1.80. The smallest absolute Gasteiger partial charge is 0.365 e. The summed E-state index contributed by atoms with van der Waals surface area (Å²) in [5.41, 5.74) is -0.933. The summed E-state index contributed by atoms with van der Waals surface area (Å²) in [6.45, 7) is 2.00. The highest BCUT2D eigenvalue weighted by Crippen LogP contribution is 2.35. The molecule has 16 heavy (non-hydrogen) atoms. The minimum absolute atomic E-state index is 0.0861. The van der Waals surface area contributed by atoms with Crippen molar-refractivity contribution in [3.05, 3.63) is 23.9 Å². The van der Waals surface area contributed by atoms with Crippen LogP contribution in [-0.2, 0) is 6.18 Å². The van der Waals surface area contributed by atoms with E-state index in [4.69, 9.17) is 0 Å². The van der Waals surface area contributed by atoms with E-state index < -0.39 is 11.9 Å². The largest absolute Gasteiger partial charge is 0.433 e. The molecule has 0 spiro atoms. The number of anilines is 1. The third-order valence-corrected chi connectivity index (χ3v) is 2.93. The van der Waals surface area contributed by atoms with E-state index in [1.807, 2.05) is 6.92 Å². The van der Waals surface area contributed by atoms with Gasteiger partial charge in [0.2, 0.25) is 0 Å². The Balaban J connectivity index is 2.16. The Labute approximate surface area is 91.9 Å². The molecule has 5 heteroatoms. The van der Waals surface area contributed by atoms with Crippen LogP contribution in [0, 0.1) is 0 Å². The number of halogens is 3. The van der Waals surface area contributed by atoms with Crippen molar-refractivity contribution < 1.29 is 13.2 Å². The molecule has 0 saturated heterocycles. The first-order valence-electron chi connectivity index (χ1n) is 5.22. The van der Waals surface area contributed by atoms with Crippen molar-refractivity contribution in [2.75, 3.05) is 5.32 Å². The van der Waals surface area contributed by atoms with E-state index >= 15 is 0 Å². The van der Waals surface area contributed by atoms with Gasteiger partial charge in [0.25, 0.3) is 0 Å². The summed E-state index contributed by atoms with van der Waals surface area (Å²) in [7, 11) is 0. The van der Waals surface area contributed by atoms with Gasteiger partial charge in [0.15, 0.2) is 0 Å². The number of nitrogens with one attached hydrogen (secondary N) is 1. The number of hydrogen-bond acceptors (Lipinski definition) is 2. The van der Waals surface area contributed by atoms with Crippen molar-refractivity contribution in [3.63, 3.8) is 0 Å². The van der Waals surface area contributed by atoms with Crippen LogP contribution in [0.5, 0.6) is 0 Å². The summed E-state index contributed by atoms with van der Waals surface area (Å²) in [5.74, 6) is 0.303. The molecule has 1 heterocycles.